The topological polar surface area (TPSA) is 69.0 Å². The summed E-state index contributed by atoms with van der Waals surface area (Å²) in [6.45, 7) is 5.81. The van der Waals surface area contributed by atoms with Gasteiger partial charge in [-0.3, -0.25) is 9.69 Å². The van der Waals surface area contributed by atoms with Crippen LogP contribution in [0.2, 0.25) is 0 Å². The van der Waals surface area contributed by atoms with Crippen molar-refractivity contribution in [2.75, 3.05) is 45.8 Å². The molecule has 3 saturated heterocycles. The van der Waals surface area contributed by atoms with Gasteiger partial charge in [0.05, 0.1) is 12.3 Å². The van der Waals surface area contributed by atoms with Crippen molar-refractivity contribution in [1.29, 1.82) is 0 Å². The van der Waals surface area contributed by atoms with Crippen molar-refractivity contribution in [2.45, 2.75) is 44.6 Å². The minimum atomic E-state index is -0.00143. The predicted octanol–water partition coefficient (Wildman–Crippen LogP) is 2.46. The first-order chi connectivity index (χ1) is 13.7. The third kappa shape index (κ3) is 4.35. The number of furan rings is 1. The maximum atomic E-state index is 12.7. The van der Waals surface area contributed by atoms with Crippen molar-refractivity contribution in [3.8, 4) is 0 Å². The molecule has 1 aromatic rings. The molecule has 0 bridgehead atoms. The summed E-state index contributed by atoms with van der Waals surface area (Å²) in [6.07, 6.45) is 7.83. The van der Waals surface area contributed by atoms with E-state index in [0.29, 0.717) is 19.6 Å². The number of carbonyl (C=O) groups excluding carboxylic acids is 2. The molecule has 1 aromatic heterocycles. The Bertz CT molecular complexity index is 643. The molecule has 28 heavy (non-hydrogen) atoms. The minimum absolute atomic E-state index is 0.00143. The summed E-state index contributed by atoms with van der Waals surface area (Å²) >= 11 is 0. The molecular weight excluding hydrogens is 356 g/mol. The number of piperidine rings is 1. The number of likely N-dealkylation sites (tertiary alicyclic amines) is 3. The van der Waals surface area contributed by atoms with Gasteiger partial charge in [-0.05, 0) is 63.7 Å². The molecule has 0 aromatic carbocycles. The van der Waals surface area contributed by atoms with E-state index in [4.69, 9.17) is 4.42 Å². The second kappa shape index (κ2) is 8.99. The third-order valence-corrected chi connectivity index (χ3v) is 6.44. The standard InChI is InChI=1S/C21H32N4O3/c26-20(17-7-13-25(14-8-17)21(27)24-11-3-4-12-24)22-16-18(19-6-5-15-28-19)23-9-1-2-10-23/h5-6,15,17-18H,1-4,7-14,16H2,(H,22,26). The Kier molecular flexibility index (Phi) is 6.20. The molecule has 0 aliphatic carbocycles. The first kappa shape index (κ1) is 19.3. The molecule has 4 rings (SSSR count). The lowest BCUT2D eigenvalue weighted by molar-refractivity contribution is -0.126. The quantitative estimate of drug-likeness (QED) is 0.841. The minimum Gasteiger partial charge on any atom is -0.468 e. The Morgan fingerprint density at radius 1 is 1.00 bits per heavy atom. The zero-order chi connectivity index (χ0) is 19.3. The van der Waals surface area contributed by atoms with E-state index in [1.807, 2.05) is 21.9 Å². The van der Waals surface area contributed by atoms with Gasteiger partial charge in [0, 0.05) is 38.6 Å². The van der Waals surface area contributed by atoms with Gasteiger partial charge in [-0.25, -0.2) is 4.79 Å². The van der Waals surface area contributed by atoms with Crippen LogP contribution in [0.25, 0.3) is 0 Å². The van der Waals surface area contributed by atoms with Crippen molar-refractivity contribution in [3.05, 3.63) is 24.2 Å². The first-order valence-corrected chi connectivity index (χ1v) is 10.8. The van der Waals surface area contributed by atoms with Crippen LogP contribution in [0.4, 0.5) is 4.79 Å². The van der Waals surface area contributed by atoms with Crippen LogP contribution in [0.5, 0.6) is 0 Å². The van der Waals surface area contributed by atoms with E-state index in [-0.39, 0.29) is 23.9 Å². The second-order valence-electron chi connectivity index (χ2n) is 8.26. The van der Waals surface area contributed by atoms with Gasteiger partial charge < -0.3 is 19.5 Å². The van der Waals surface area contributed by atoms with E-state index in [1.165, 1.54) is 12.8 Å². The molecule has 4 heterocycles. The fraction of sp³-hybridized carbons (Fsp3) is 0.714. The molecule has 154 valence electrons. The summed E-state index contributed by atoms with van der Waals surface area (Å²) in [5, 5.41) is 3.16. The van der Waals surface area contributed by atoms with Crippen molar-refractivity contribution in [1.82, 2.24) is 20.0 Å². The van der Waals surface area contributed by atoms with E-state index in [0.717, 1.165) is 57.6 Å². The van der Waals surface area contributed by atoms with Gasteiger partial charge in [-0.2, -0.15) is 0 Å². The summed E-state index contributed by atoms with van der Waals surface area (Å²) in [4.78, 5) is 31.5. The molecule has 3 aliphatic heterocycles. The highest BCUT2D eigenvalue weighted by Crippen LogP contribution is 2.26. The number of nitrogens with one attached hydrogen (secondary N) is 1. The molecule has 0 saturated carbocycles. The summed E-state index contributed by atoms with van der Waals surface area (Å²) in [5.74, 6) is 1.04. The number of urea groups is 1. The lowest BCUT2D eigenvalue weighted by Gasteiger charge is -2.34. The molecular formula is C21H32N4O3. The molecule has 7 nitrogen and oxygen atoms in total. The fourth-order valence-electron chi connectivity index (χ4n) is 4.73. The number of hydrogen-bond acceptors (Lipinski definition) is 4. The summed E-state index contributed by atoms with van der Waals surface area (Å²) in [5.41, 5.74) is 0. The predicted molar refractivity (Wildman–Crippen MR) is 106 cm³/mol. The van der Waals surface area contributed by atoms with Crippen molar-refractivity contribution >= 4 is 11.9 Å². The van der Waals surface area contributed by atoms with Gasteiger partial charge in [0.1, 0.15) is 5.76 Å². The Morgan fingerprint density at radius 2 is 1.64 bits per heavy atom. The van der Waals surface area contributed by atoms with Gasteiger partial charge in [0.15, 0.2) is 0 Å². The van der Waals surface area contributed by atoms with E-state index in [2.05, 4.69) is 10.2 Å². The first-order valence-electron chi connectivity index (χ1n) is 10.8. The highest BCUT2D eigenvalue weighted by molar-refractivity contribution is 5.79. The average Bonchev–Trinajstić information content (AvgIpc) is 3.51. The molecule has 7 heteroatoms. The Labute approximate surface area is 167 Å². The third-order valence-electron chi connectivity index (χ3n) is 6.44. The lowest BCUT2D eigenvalue weighted by atomic mass is 9.96. The maximum absolute atomic E-state index is 12.7. The van der Waals surface area contributed by atoms with Gasteiger partial charge in [0.2, 0.25) is 5.91 Å². The summed E-state index contributed by atoms with van der Waals surface area (Å²) in [7, 11) is 0. The van der Waals surface area contributed by atoms with Gasteiger partial charge >= 0.3 is 6.03 Å². The number of carbonyl (C=O) groups is 2. The number of amides is 3. The normalized spacial score (nSPS) is 22.6. The molecule has 1 N–H and O–H groups in total. The van der Waals surface area contributed by atoms with Crippen LogP contribution >= 0.6 is 0 Å². The highest BCUT2D eigenvalue weighted by Gasteiger charge is 2.31. The van der Waals surface area contributed by atoms with Crippen LogP contribution in [-0.2, 0) is 4.79 Å². The maximum Gasteiger partial charge on any atom is 0.319 e. The summed E-state index contributed by atoms with van der Waals surface area (Å²) < 4.78 is 5.63. The van der Waals surface area contributed by atoms with Crippen LogP contribution in [0.15, 0.2) is 22.8 Å². The SMILES string of the molecule is O=C(NCC(c1ccco1)N1CCCC1)C1CCN(C(=O)N2CCCC2)CC1. The lowest BCUT2D eigenvalue weighted by Crippen LogP contribution is -2.48. The van der Waals surface area contributed by atoms with Crippen LogP contribution in [0.3, 0.4) is 0 Å². The van der Waals surface area contributed by atoms with E-state index in [9.17, 15) is 9.59 Å². The molecule has 3 aliphatic rings. The smallest absolute Gasteiger partial charge is 0.319 e. The number of rotatable bonds is 5. The Hall–Kier alpha value is -2.02. The largest absolute Gasteiger partial charge is 0.468 e. The molecule has 1 atom stereocenters. The van der Waals surface area contributed by atoms with Crippen molar-refractivity contribution < 1.29 is 14.0 Å². The monoisotopic (exact) mass is 388 g/mol. The summed E-state index contributed by atoms with van der Waals surface area (Å²) in [6, 6.07) is 4.17. The number of hydrogen-bond donors (Lipinski definition) is 1. The molecule has 3 amide bonds. The van der Waals surface area contributed by atoms with Crippen molar-refractivity contribution in [3.63, 3.8) is 0 Å². The second-order valence-corrected chi connectivity index (χ2v) is 8.26. The van der Waals surface area contributed by atoms with Gasteiger partial charge in [-0.15, -0.1) is 0 Å². The van der Waals surface area contributed by atoms with Gasteiger partial charge in [0.25, 0.3) is 0 Å². The van der Waals surface area contributed by atoms with Crippen LogP contribution in [-0.4, -0.2) is 72.5 Å². The zero-order valence-electron chi connectivity index (χ0n) is 16.6. The molecule has 0 radical (unpaired) electrons. The van der Waals surface area contributed by atoms with E-state index < -0.39 is 0 Å². The van der Waals surface area contributed by atoms with Crippen molar-refractivity contribution in [2.24, 2.45) is 5.92 Å². The number of nitrogens with zero attached hydrogens (tertiary/aromatic N) is 3. The Balaban J connectivity index is 1.26. The Morgan fingerprint density at radius 3 is 2.29 bits per heavy atom. The van der Waals surface area contributed by atoms with E-state index in [1.54, 1.807) is 6.26 Å². The molecule has 0 spiro atoms. The van der Waals surface area contributed by atoms with Crippen LogP contribution in [0.1, 0.15) is 50.3 Å². The van der Waals surface area contributed by atoms with Crippen LogP contribution in [0, 0.1) is 5.92 Å². The molecule has 1 unspecified atom stereocenters. The van der Waals surface area contributed by atoms with Crippen LogP contribution < -0.4 is 5.32 Å². The molecule has 3 fully saturated rings. The van der Waals surface area contributed by atoms with Gasteiger partial charge in [-0.1, -0.05) is 0 Å². The van der Waals surface area contributed by atoms with E-state index >= 15 is 0 Å². The highest BCUT2D eigenvalue weighted by atomic mass is 16.3. The zero-order valence-corrected chi connectivity index (χ0v) is 16.6. The fourth-order valence-corrected chi connectivity index (χ4v) is 4.73. The average molecular weight is 389 g/mol.